The third kappa shape index (κ3) is 2.79. The minimum Gasteiger partial charge on any atom is -0.493 e. The summed E-state index contributed by atoms with van der Waals surface area (Å²) < 4.78 is 5.44. The van der Waals surface area contributed by atoms with E-state index in [9.17, 15) is 4.79 Å². The Morgan fingerprint density at radius 1 is 1.32 bits per heavy atom. The van der Waals surface area contributed by atoms with Gasteiger partial charge in [0.1, 0.15) is 5.75 Å². The zero-order valence-corrected chi connectivity index (χ0v) is 11.2. The molecule has 0 unspecified atom stereocenters. The molecule has 1 aromatic carbocycles. The molecule has 0 saturated heterocycles. The van der Waals surface area contributed by atoms with Crippen LogP contribution in [0.3, 0.4) is 0 Å². The van der Waals surface area contributed by atoms with Crippen molar-refractivity contribution < 1.29 is 9.53 Å². The first kappa shape index (κ1) is 12.2. The normalized spacial score (nSPS) is 12.8. The van der Waals surface area contributed by atoms with E-state index >= 15 is 0 Å². The molecule has 2 heterocycles. The lowest BCUT2D eigenvalue weighted by molar-refractivity contribution is 0.102. The van der Waals surface area contributed by atoms with Crippen molar-refractivity contribution in [3.8, 4) is 5.75 Å². The molecule has 1 aromatic heterocycles. The van der Waals surface area contributed by atoms with E-state index in [1.807, 2.05) is 36.4 Å². The van der Waals surface area contributed by atoms with E-state index in [4.69, 9.17) is 4.74 Å². The van der Waals surface area contributed by atoms with Gasteiger partial charge in [0.2, 0.25) is 0 Å². The minimum absolute atomic E-state index is 0.130. The number of benzene rings is 1. The van der Waals surface area contributed by atoms with Crippen molar-refractivity contribution >= 4 is 17.5 Å². The van der Waals surface area contributed by atoms with Crippen molar-refractivity contribution in [1.82, 2.24) is 4.98 Å². The Labute approximate surface area is 116 Å². The van der Waals surface area contributed by atoms with Crippen molar-refractivity contribution in [1.29, 1.82) is 0 Å². The summed E-state index contributed by atoms with van der Waals surface area (Å²) in [4.78, 5) is 16.3. The standard InChI is InChI=1S/C15H13NO2S/c17-13(10-19-15-3-1-2-7-16-15)11-4-5-14-12(9-11)6-8-18-14/h1-5,7,9H,6,8,10H2. The van der Waals surface area contributed by atoms with Crippen molar-refractivity contribution in [2.45, 2.75) is 11.4 Å². The molecule has 0 spiro atoms. The van der Waals surface area contributed by atoms with Gasteiger partial charge in [-0.3, -0.25) is 4.79 Å². The largest absolute Gasteiger partial charge is 0.493 e. The van der Waals surface area contributed by atoms with E-state index in [1.165, 1.54) is 11.8 Å². The number of carbonyl (C=O) groups excluding carboxylic acids is 1. The molecule has 0 amide bonds. The molecule has 0 radical (unpaired) electrons. The second kappa shape index (κ2) is 5.45. The van der Waals surface area contributed by atoms with Gasteiger partial charge in [-0.25, -0.2) is 4.98 Å². The lowest BCUT2D eigenvalue weighted by Gasteiger charge is -2.03. The van der Waals surface area contributed by atoms with Gasteiger partial charge in [-0.1, -0.05) is 17.8 Å². The fourth-order valence-corrected chi connectivity index (χ4v) is 2.77. The first-order valence-corrected chi connectivity index (χ1v) is 7.14. The smallest absolute Gasteiger partial charge is 0.173 e. The summed E-state index contributed by atoms with van der Waals surface area (Å²) in [5, 5.41) is 0.875. The number of carbonyl (C=O) groups is 1. The van der Waals surface area contributed by atoms with E-state index in [0.29, 0.717) is 5.75 Å². The van der Waals surface area contributed by atoms with Gasteiger partial charge >= 0.3 is 0 Å². The highest BCUT2D eigenvalue weighted by Crippen LogP contribution is 2.26. The molecule has 3 nitrogen and oxygen atoms in total. The van der Waals surface area contributed by atoms with Crippen LogP contribution in [0, 0.1) is 0 Å². The maximum absolute atomic E-state index is 12.1. The van der Waals surface area contributed by atoms with Crippen LogP contribution in [0.4, 0.5) is 0 Å². The summed E-state index contributed by atoms with van der Waals surface area (Å²) >= 11 is 1.46. The van der Waals surface area contributed by atoms with E-state index in [1.54, 1.807) is 6.20 Å². The molecule has 19 heavy (non-hydrogen) atoms. The highest BCUT2D eigenvalue weighted by Gasteiger charge is 2.15. The molecule has 1 aliphatic rings. The number of ketones is 1. The third-order valence-corrected chi connectivity index (χ3v) is 3.94. The van der Waals surface area contributed by atoms with Gasteiger partial charge in [-0.15, -0.1) is 0 Å². The Bertz CT molecular complexity index is 598. The predicted octanol–water partition coefficient (Wildman–Crippen LogP) is 2.99. The molecule has 1 aliphatic heterocycles. The van der Waals surface area contributed by atoms with Crippen LogP contribution in [0.15, 0.2) is 47.6 Å². The molecule has 2 aromatic rings. The molecule has 4 heteroatoms. The SMILES string of the molecule is O=C(CSc1ccccn1)c1ccc2c(c1)CCO2. The molecular weight excluding hydrogens is 258 g/mol. The molecule has 0 bridgehead atoms. The second-order valence-corrected chi connectivity index (χ2v) is 5.30. The molecule has 96 valence electrons. The zero-order valence-electron chi connectivity index (χ0n) is 10.3. The highest BCUT2D eigenvalue weighted by atomic mass is 32.2. The Hall–Kier alpha value is -1.81. The van der Waals surface area contributed by atoms with Crippen molar-refractivity contribution in [2.75, 3.05) is 12.4 Å². The molecule has 0 atom stereocenters. The predicted molar refractivity (Wildman–Crippen MR) is 74.9 cm³/mol. The number of nitrogens with zero attached hydrogens (tertiary/aromatic N) is 1. The minimum atomic E-state index is 0.130. The number of Topliss-reactive ketones (excluding diaryl/α,β-unsaturated/α-hetero) is 1. The van der Waals surface area contributed by atoms with Gasteiger partial charge in [0.05, 0.1) is 17.4 Å². The highest BCUT2D eigenvalue weighted by molar-refractivity contribution is 7.99. The Morgan fingerprint density at radius 3 is 3.11 bits per heavy atom. The number of aromatic nitrogens is 1. The maximum atomic E-state index is 12.1. The molecule has 0 N–H and O–H groups in total. The number of pyridine rings is 1. The Morgan fingerprint density at radius 2 is 2.26 bits per heavy atom. The van der Waals surface area contributed by atoms with E-state index in [-0.39, 0.29) is 5.78 Å². The summed E-state index contributed by atoms with van der Waals surface area (Å²) in [5.41, 5.74) is 1.89. The summed E-state index contributed by atoms with van der Waals surface area (Å²) in [6.07, 6.45) is 2.63. The van der Waals surface area contributed by atoms with Crippen LogP contribution in [-0.4, -0.2) is 23.1 Å². The first-order valence-electron chi connectivity index (χ1n) is 6.16. The molecular formula is C15H13NO2S. The van der Waals surface area contributed by atoms with Crippen molar-refractivity contribution in [3.63, 3.8) is 0 Å². The van der Waals surface area contributed by atoms with Crippen LogP contribution in [0.1, 0.15) is 15.9 Å². The van der Waals surface area contributed by atoms with E-state index < -0.39 is 0 Å². The number of ether oxygens (including phenoxy) is 1. The van der Waals surface area contributed by atoms with Crippen LogP contribution in [0.5, 0.6) is 5.75 Å². The number of hydrogen-bond donors (Lipinski definition) is 0. The van der Waals surface area contributed by atoms with Gasteiger partial charge < -0.3 is 4.74 Å². The van der Waals surface area contributed by atoms with Gasteiger partial charge in [0.25, 0.3) is 0 Å². The maximum Gasteiger partial charge on any atom is 0.173 e. The summed E-state index contributed by atoms with van der Waals surface area (Å²) in [6, 6.07) is 11.4. The molecule has 3 rings (SSSR count). The van der Waals surface area contributed by atoms with Crippen molar-refractivity contribution in [2.24, 2.45) is 0 Å². The van der Waals surface area contributed by atoms with Gasteiger partial charge in [-0.05, 0) is 35.9 Å². The van der Waals surface area contributed by atoms with Gasteiger partial charge in [0.15, 0.2) is 5.78 Å². The molecule has 0 saturated carbocycles. The van der Waals surface area contributed by atoms with E-state index in [2.05, 4.69) is 4.98 Å². The van der Waals surface area contributed by atoms with Crippen LogP contribution in [0.25, 0.3) is 0 Å². The quantitative estimate of drug-likeness (QED) is 0.633. The lowest BCUT2D eigenvalue weighted by atomic mass is 10.1. The van der Waals surface area contributed by atoms with Crippen LogP contribution in [0.2, 0.25) is 0 Å². The topological polar surface area (TPSA) is 39.2 Å². The van der Waals surface area contributed by atoms with Crippen LogP contribution >= 0.6 is 11.8 Å². The van der Waals surface area contributed by atoms with Crippen LogP contribution < -0.4 is 4.74 Å². The number of hydrogen-bond acceptors (Lipinski definition) is 4. The summed E-state index contributed by atoms with van der Waals surface area (Å²) in [6.45, 7) is 0.718. The average molecular weight is 271 g/mol. The van der Waals surface area contributed by atoms with Gasteiger partial charge in [-0.2, -0.15) is 0 Å². The fraction of sp³-hybridized carbons (Fsp3) is 0.200. The summed E-state index contributed by atoms with van der Waals surface area (Å²) in [7, 11) is 0. The van der Waals surface area contributed by atoms with Crippen LogP contribution in [-0.2, 0) is 6.42 Å². The lowest BCUT2D eigenvalue weighted by Crippen LogP contribution is -2.03. The second-order valence-electron chi connectivity index (χ2n) is 4.30. The molecule has 0 fully saturated rings. The average Bonchev–Trinajstić information content (AvgIpc) is 2.93. The summed E-state index contributed by atoms with van der Waals surface area (Å²) in [5.74, 6) is 1.45. The fourth-order valence-electron chi connectivity index (χ4n) is 2.02. The molecule has 0 aliphatic carbocycles. The zero-order chi connectivity index (χ0) is 13.1. The number of rotatable bonds is 4. The number of fused-ring (bicyclic) bond motifs is 1. The Balaban J connectivity index is 1.67. The first-order chi connectivity index (χ1) is 9.33. The van der Waals surface area contributed by atoms with Crippen molar-refractivity contribution in [3.05, 3.63) is 53.7 Å². The van der Waals surface area contributed by atoms with Gasteiger partial charge in [0, 0.05) is 18.2 Å². The Kier molecular flexibility index (Phi) is 3.51. The number of thioether (sulfide) groups is 1. The monoisotopic (exact) mass is 271 g/mol. The third-order valence-electron chi connectivity index (χ3n) is 3.00. The van der Waals surface area contributed by atoms with E-state index in [0.717, 1.165) is 34.9 Å².